The zero-order valence-electron chi connectivity index (χ0n) is 5.05. The van der Waals surface area contributed by atoms with Crippen molar-refractivity contribution in [2.75, 3.05) is 6.54 Å². The van der Waals surface area contributed by atoms with Crippen LogP contribution >= 0.6 is 0 Å². The molecule has 1 heterocycles. The van der Waals surface area contributed by atoms with E-state index in [9.17, 15) is 4.79 Å². The summed E-state index contributed by atoms with van der Waals surface area (Å²) >= 11 is 0. The van der Waals surface area contributed by atoms with Crippen LogP contribution in [0.2, 0.25) is 0 Å². The molecule has 45 valence electrons. The third kappa shape index (κ3) is 0.831. The molecular formula is C6H10NO. The summed E-state index contributed by atoms with van der Waals surface area (Å²) in [5, 5.41) is 3.75. The third-order valence-corrected chi connectivity index (χ3v) is 1.59. The fraction of sp³-hybridized carbons (Fsp3) is 0.833. The Morgan fingerprint density at radius 2 is 2.62 bits per heavy atom. The fourth-order valence-corrected chi connectivity index (χ4v) is 0.962. The first-order valence-corrected chi connectivity index (χ1v) is 3.06. The second kappa shape index (κ2) is 2.16. The van der Waals surface area contributed by atoms with E-state index in [1.165, 1.54) is 0 Å². The Kier molecular flexibility index (Phi) is 1.51. The van der Waals surface area contributed by atoms with Crippen LogP contribution in [0.15, 0.2) is 0 Å². The highest BCUT2D eigenvalue weighted by Crippen LogP contribution is 2.13. The lowest BCUT2D eigenvalue weighted by atomic mass is 10.1. The van der Waals surface area contributed by atoms with Gasteiger partial charge in [-0.25, -0.2) is 0 Å². The van der Waals surface area contributed by atoms with E-state index < -0.39 is 0 Å². The van der Waals surface area contributed by atoms with Gasteiger partial charge >= 0.3 is 0 Å². The molecule has 0 aromatic heterocycles. The fourth-order valence-electron chi connectivity index (χ4n) is 0.962. The quantitative estimate of drug-likeness (QED) is 0.487. The Balaban J connectivity index is 2.42. The smallest absolute Gasteiger partial charge is 0.244 e. The molecule has 1 amide bonds. The van der Waals surface area contributed by atoms with Crippen LogP contribution in [0.3, 0.4) is 0 Å². The van der Waals surface area contributed by atoms with Crippen LogP contribution in [0, 0.1) is 5.92 Å². The molecule has 1 rings (SSSR count). The zero-order valence-corrected chi connectivity index (χ0v) is 5.05. The van der Waals surface area contributed by atoms with Gasteiger partial charge in [-0.05, 0) is 12.8 Å². The Bertz CT molecular complexity index is 101. The predicted molar refractivity (Wildman–Crippen MR) is 30.4 cm³/mol. The summed E-state index contributed by atoms with van der Waals surface area (Å²) in [5.41, 5.74) is 0. The molecule has 0 saturated carbocycles. The lowest BCUT2D eigenvalue weighted by Crippen LogP contribution is -2.11. The molecule has 2 nitrogen and oxygen atoms in total. The van der Waals surface area contributed by atoms with E-state index in [0.29, 0.717) is 0 Å². The Hall–Kier alpha value is -0.530. The molecule has 1 aliphatic rings. The number of hydrogen-bond acceptors (Lipinski definition) is 1. The van der Waals surface area contributed by atoms with E-state index >= 15 is 0 Å². The molecule has 2 heteroatoms. The first-order chi connectivity index (χ1) is 3.84. The average molecular weight is 112 g/mol. The van der Waals surface area contributed by atoms with Crippen LogP contribution in [0.25, 0.3) is 0 Å². The molecule has 1 aliphatic heterocycles. The number of nitrogens with zero attached hydrogens (tertiary/aromatic N) is 1. The second-order valence-electron chi connectivity index (χ2n) is 2.11. The molecule has 1 fully saturated rings. The van der Waals surface area contributed by atoms with Gasteiger partial charge in [0.15, 0.2) is 0 Å². The van der Waals surface area contributed by atoms with Crippen molar-refractivity contribution in [1.82, 2.24) is 5.32 Å². The van der Waals surface area contributed by atoms with Crippen LogP contribution in [0.4, 0.5) is 0 Å². The molecule has 1 atom stereocenters. The second-order valence-corrected chi connectivity index (χ2v) is 2.11. The van der Waals surface area contributed by atoms with Crippen molar-refractivity contribution in [3.8, 4) is 0 Å². The summed E-state index contributed by atoms with van der Waals surface area (Å²) in [5.74, 6) is 0.377. The topological polar surface area (TPSA) is 31.2 Å². The van der Waals surface area contributed by atoms with Crippen molar-refractivity contribution in [2.24, 2.45) is 5.92 Å². The monoisotopic (exact) mass is 112 g/mol. The van der Waals surface area contributed by atoms with E-state index in [1.807, 2.05) is 6.92 Å². The number of carbonyl (C=O) groups is 1. The van der Waals surface area contributed by atoms with Crippen LogP contribution < -0.4 is 5.32 Å². The SMILES string of the molecule is CCC1CC[N]C1=O. The minimum Gasteiger partial charge on any atom is -0.273 e. The van der Waals surface area contributed by atoms with Crippen LogP contribution in [0.1, 0.15) is 19.8 Å². The maximum atomic E-state index is 10.6. The first-order valence-electron chi connectivity index (χ1n) is 3.06. The highest BCUT2D eigenvalue weighted by Gasteiger charge is 2.22. The van der Waals surface area contributed by atoms with Crippen LogP contribution in [0.5, 0.6) is 0 Å². The molecule has 0 N–H and O–H groups in total. The molecule has 8 heavy (non-hydrogen) atoms. The van der Waals surface area contributed by atoms with Crippen molar-refractivity contribution in [2.45, 2.75) is 19.8 Å². The number of rotatable bonds is 1. The Morgan fingerprint density at radius 3 is 2.88 bits per heavy atom. The van der Waals surface area contributed by atoms with Crippen molar-refractivity contribution in [3.05, 3.63) is 0 Å². The summed E-state index contributed by atoms with van der Waals surface area (Å²) in [6, 6.07) is 0. The van der Waals surface area contributed by atoms with E-state index in [1.54, 1.807) is 0 Å². The normalized spacial score (nSPS) is 28.1. The van der Waals surface area contributed by atoms with Crippen molar-refractivity contribution < 1.29 is 4.79 Å². The largest absolute Gasteiger partial charge is 0.273 e. The molecule has 0 aromatic carbocycles. The van der Waals surface area contributed by atoms with E-state index in [-0.39, 0.29) is 11.8 Å². The molecule has 1 unspecified atom stereocenters. The van der Waals surface area contributed by atoms with E-state index in [2.05, 4.69) is 5.32 Å². The summed E-state index contributed by atoms with van der Waals surface area (Å²) < 4.78 is 0. The van der Waals surface area contributed by atoms with Crippen molar-refractivity contribution >= 4 is 5.91 Å². The van der Waals surface area contributed by atoms with Crippen LogP contribution in [-0.2, 0) is 4.79 Å². The summed E-state index contributed by atoms with van der Waals surface area (Å²) in [7, 11) is 0. The van der Waals surface area contributed by atoms with Gasteiger partial charge in [0.2, 0.25) is 5.91 Å². The number of hydrogen-bond donors (Lipinski definition) is 0. The summed E-state index contributed by atoms with van der Waals surface area (Å²) in [6.07, 6.45) is 1.94. The highest BCUT2D eigenvalue weighted by molar-refractivity contribution is 5.80. The van der Waals surface area contributed by atoms with Gasteiger partial charge in [0.1, 0.15) is 0 Å². The molecule has 1 radical (unpaired) electrons. The van der Waals surface area contributed by atoms with Gasteiger partial charge in [-0.2, -0.15) is 0 Å². The lowest BCUT2D eigenvalue weighted by molar-refractivity contribution is -0.122. The van der Waals surface area contributed by atoms with Crippen molar-refractivity contribution in [1.29, 1.82) is 0 Å². The number of carbonyl (C=O) groups excluding carboxylic acids is 1. The number of amides is 1. The third-order valence-electron chi connectivity index (χ3n) is 1.59. The van der Waals surface area contributed by atoms with Gasteiger partial charge in [-0.1, -0.05) is 6.92 Å². The van der Waals surface area contributed by atoms with E-state index in [0.717, 1.165) is 19.4 Å². The molecule has 1 saturated heterocycles. The molecule has 0 aliphatic carbocycles. The maximum absolute atomic E-state index is 10.6. The van der Waals surface area contributed by atoms with E-state index in [4.69, 9.17) is 0 Å². The standard InChI is InChI=1S/C6H10NO/c1-2-5-3-4-7-6(5)8/h5H,2-4H2,1H3. The molecule has 0 spiro atoms. The highest BCUT2D eigenvalue weighted by atomic mass is 16.2. The summed E-state index contributed by atoms with van der Waals surface area (Å²) in [4.78, 5) is 10.6. The Labute approximate surface area is 49.3 Å². The average Bonchev–Trinajstić information content (AvgIpc) is 2.14. The predicted octanol–water partition coefficient (Wildman–Crippen LogP) is 0.547. The maximum Gasteiger partial charge on any atom is 0.244 e. The molecule has 0 bridgehead atoms. The van der Waals surface area contributed by atoms with Gasteiger partial charge in [0, 0.05) is 12.5 Å². The molecule has 0 aromatic rings. The Morgan fingerprint density at radius 1 is 1.88 bits per heavy atom. The first kappa shape index (κ1) is 5.60. The van der Waals surface area contributed by atoms with Gasteiger partial charge in [-0.15, -0.1) is 0 Å². The molecular weight excluding hydrogens is 102 g/mol. The van der Waals surface area contributed by atoms with Gasteiger partial charge < -0.3 is 0 Å². The van der Waals surface area contributed by atoms with Gasteiger partial charge in [0.05, 0.1) is 0 Å². The minimum absolute atomic E-state index is 0.118. The van der Waals surface area contributed by atoms with Gasteiger partial charge in [0.25, 0.3) is 0 Å². The van der Waals surface area contributed by atoms with Crippen LogP contribution in [-0.4, -0.2) is 12.5 Å². The van der Waals surface area contributed by atoms with Gasteiger partial charge in [-0.3, -0.25) is 10.1 Å². The minimum atomic E-state index is 0.118. The summed E-state index contributed by atoms with van der Waals surface area (Å²) in [6.45, 7) is 2.79. The lowest BCUT2D eigenvalue weighted by Gasteiger charge is -1.96. The van der Waals surface area contributed by atoms with Crippen molar-refractivity contribution in [3.63, 3.8) is 0 Å². The zero-order chi connectivity index (χ0) is 5.98.